The van der Waals surface area contributed by atoms with Crippen LogP contribution in [-0.4, -0.2) is 33.4 Å². The number of carbonyl (C=O) groups is 1. The normalized spacial score (nSPS) is 11.2. The topological polar surface area (TPSA) is 123 Å². The second-order valence-electron chi connectivity index (χ2n) is 10.2. The van der Waals surface area contributed by atoms with Crippen molar-refractivity contribution < 1.29 is 4.79 Å². The number of urea groups is 1. The van der Waals surface area contributed by atoms with E-state index in [1.54, 1.807) is 29.1 Å². The van der Waals surface area contributed by atoms with E-state index in [0.29, 0.717) is 17.7 Å². The molecule has 0 unspecified atom stereocenters. The van der Waals surface area contributed by atoms with Crippen molar-refractivity contribution in [2.75, 3.05) is 16.8 Å². The third-order valence-electron chi connectivity index (χ3n) is 7.05. The highest BCUT2D eigenvalue weighted by Crippen LogP contribution is 2.27. The van der Waals surface area contributed by atoms with Gasteiger partial charge in [0, 0.05) is 49.8 Å². The second kappa shape index (κ2) is 15.0. The number of rotatable bonds is 13. The van der Waals surface area contributed by atoms with Gasteiger partial charge in [0.05, 0.1) is 23.4 Å². The van der Waals surface area contributed by atoms with Crippen molar-refractivity contribution in [1.82, 2.24) is 20.1 Å². The van der Waals surface area contributed by atoms with Crippen molar-refractivity contribution in [3.05, 3.63) is 95.9 Å². The number of benzene rings is 2. The molecule has 2 aromatic heterocycles. The Kier molecular flexibility index (Phi) is 10.7. The minimum absolute atomic E-state index is 0.0118. The first kappa shape index (κ1) is 29.8. The number of nitrogens with one attached hydrogen (secondary N) is 2. The Bertz CT molecular complexity index is 1530. The van der Waals surface area contributed by atoms with Gasteiger partial charge in [-0.25, -0.2) is 9.78 Å². The summed E-state index contributed by atoms with van der Waals surface area (Å²) in [4.78, 5) is 19.9. The molecule has 0 aliphatic heterocycles. The second-order valence-corrected chi connectivity index (χ2v) is 10.2. The Morgan fingerprint density at radius 2 is 1.79 bits per heavy atom. The lowest BCUT2D eigenvalue weighted by Crippen LogP contribution is -2.46. The number of aromatic nitrogens is 3. The van der Waals surface area contributed by atoms with Gasteiger partial charge in [-0.15, -0.1) is 0 Å². The fourth-order valence-corrected chi connectivity index (χ4v) is 4.91. The summed E-state index contributed by atoms with van der Waals surface area (Å²) in [6.45, 7) is 3.22. The number of pyridine rings is 1. The summed E-state index contributed by atoms with van der Waals surface area (Å²) in [7, 11) is 1.89. The van der Waals surface area contributed by atoms with E-state index < -0.39 is 0 Å². The van der Waals surface area contributed by atoms with Crippen molar-refractivity contribution in [2.45, 2.75) is 51.6 Å². The fraction of sp³-hybridized carbons (Fsp3) is 0.303. The third kappa shape index (κ3) is 8.18. The summed E-state index contributed by atoms with van der Waals surface area (Å²) in [5, 5.41) is 28.9. The van der Waals surface area contributed by atoms with Crippen LogP contribution in [0.4, 0.5) is 16.3 Å². The van der Waals surface area contributed by atoms with Crippen LogP contribution >= 0.6 is 0 Å². The van der Waals surface area contributed by atoms with Crippen LogP contribution in [0.5, 0.6) is 0 Å². The van der Waals surface area contributed by atoms with Crippen molar-refractivity contribution in [3.63, 3.8) is 0 Å². The molecule has 0 bridgehead atoms. The van der Waals surface area contributed by atoms with Gasteiger partial charge in [-0.2, -0.15) is 15.6 Å². The number of unbranched alkanes of at least 4 members (excludes halogenated alkanes) is 1. The predicted octanol–water partition coefficient (Wildman–Crippen LogP) is 6.39. The van der Waals surface area contributed by atoms with E-state index in [4.69, 9.17) is 5.26 Å². The zero-order chi connectivity index (χ0) is 29.7. The smallest absolute Gasteiger partial charge is 0.322 e. The fourth-order valence-electron chi connectivity index (χ4n) is 4.91. The molecular weight excluding hydrogens is 524 g/mol. The highest BCUT2D eigenvalue weighted by atomic mass is 16.2. The zero-order valence-electron chi connectivity index (χ0n) is 24.1. The Morgan fingerprint density at radius 1 is 0.976 bits per heavy atom. The Hall–Kier alpha value is -5.15. The zero-order valence-corrected chi connectivity index (χ0v) is 24.1. The molecule has 0 aliphatic carbocycles. The number of aryl methyl sites for hydroxylation is 1. The lowest BCUT2D eigenvalue weighted by Gasteiger charge is -2.32. The van der Waals surface area contributed by atoms with Gasteiger partial charge < -0.3 is 10.6 Å². The molecule has 1 atom stereocenters. The molecule has 9 nitrogen and oxygen atoms in total. The molecule has 4 rings (SSSR count). The Balaban J connectivity index is 1.46. The van der Waals surface area contributed by atoms with Crippen molar-refractivity contribution in [2.24, 2.45) is 7.05 Å². The van der Waals surface area contributed by atoms with Crippen LogP contribution in [0.15, 0.2) is 79.3 Å². The average Bonchev–Trinajstić information content (AvgIpc) is 3.46. The molecule has 0 saturated heterocycles. The van der Waals surface area contributed by atoms with Crippen molar-refractivity contribution >= 4 is 17.5 Å². The number of nitriles is 2. The van der Waals surface area contributed by atoms with E-state index in [2.05, 4.69) is 39.8 Å². The molecule has 214 valence electrons. The predicted molar refractivity (Wildman–Crippen MR) is 165 cm³/mol. The molecule has 2 amide bonds. The highest BCUT2D eigenvalue weighted by Gasteiger charge is 2.25. The van der Waals surface area contributed by atoms with Crippen LogP contribution in [0.25, 0.3) is 11.1 Å². The molecule has 0 spiro atoms. The molecule has 2 heterocycles. The van der Waals surface area contributed by atoms with Gasteiger partial charge in [0.1, 0.15) is 11.9 Å². The van der Waals surface area contributed by atoms with Gasteiger partial charge in [0.2, 0.25) is 0 Å². The summed E-state index contributed by atoms with van der Waals surface area (Å²) < 4.78 is 1.77. The lowest BCUT2D eigenvalue weighted by molar-refractivity contribution is 0.242. The molecule has 0 radical (unpaired) electrons. The van der Waals surface area contributed by atoms with Crippen LogP contribution in [0.3, 0.4) is 0 Å². The Morgan fingerprint density at radius 3 is 2.45 bits per heavy atom. The maximum absolute atomic E-state index is 13.8. The van der Waals surface area contributed by atoms with Gasteiger partial charge in [-0.1, -0.05) is 37.6 Å². The van der Waals surface area contributed by atoms with E-state index in [0.717, 1.165) is 66.8 Å². The number of carbonyl (C=O) groups excluding carboxylic acids is 1. The summed E-state index contributed by atoms with van der Waals surface area (Å²) in [5.41, 5.74) is 4.88. The van der Waals surface area contributed by atoms with Crippen LogP contribution in [-0.2, 0) is 13.6 Å². The lowest BCUT2D eigenvalue weighted by atomic mass is 10.0. The molecule has 0 fully saturated rings. The van der Waals surface area contributed by atoms with Gasteiger partial charge >= 0.3 is 6.03 Å². The van der Waals surface area contributed by atoms with Crippen LogP contribution in [0.1, 0.15) is 55.7 Å². The van der Waals surface area contributed by atoms with Crippen LogP contribution in [0, 0.1) is 22.7 Å². The molecule has 2 aromatic carbocycles. The molecular formula is C33H36N8O. The number of anilines is 2. The minimum atomic E-state index is -0.162. The minimum Gasteiger partial charge on any atom is -0.370 e. The summed E-state index contributed by atoms with van der Waals surface area (Å²) in [6.07, 6.45) is 9.86. The first-order valence-corrected chi connectivity index (χ1v) is 14.3. The Labute approximate surface area is 247 Å². The highest BCUT2D eigenvalue weighted by molar-refractivity contribution is 5.93. The van der Waals surface area contributed by atoms with Crippen LogP contribution in [0.2, 0.25) is 0 Å². The van der Waals surface area contributed by atoms with Gasteiger partial charge in [-0.05, 0) is 73.2 Å². The monoisotopic (exact) mass is 560 g/mol. The van der Waals surface area contributed by atoms with E-state index in [1.165, 1.54) is 0 Å². The molecule has 42 heavy (non-hydrogen) atoms. The van der Waals surface area contributed by atoms with E-state index in [9.17, 15) is 10.1 Å². The van der Waals surface area contributed by atoms with E-state index in [1.807, 2.05) is 66.8 Å². The SMILES string of the molecule is CCC[C@H](CCCCNc1ccc(C#N)cn1)N(C(=O)NCc1cccc(C#N)c1)c1ccc(-c2cnn(C)c2)cc1. The van der Waals surface area contributed by atoms with E-state index in [-0.39, 0.29) is 12.1 Å². The summed E-state index contributed by atoms with van der Waals surface area (Å²) >= 11 is 0. The number of nitrogens with zero attached hydrogens (tertiary/aromatic N) is 6. The van der Waals surface area contributed by atoms with Crippen molar-refractivity contribution in [3.8, 4) is 23.3 Å². The number of amides is 2. The third-order valence-corrected chi connectivity index (χ3v) is 7.05. The molecule has 2 N–H and O–H groups in total. The summed E-state index contributed by atoms with van der Waals surface area (Å²) in [6, 6.07) is 23.0. The summed E-state index contributed by atoms with van der Waals surface area (Å²) in [5.74, 6) is 0.745. The first-order valence-electron chi connectivity index (χ1n) is 14.3. The molecule has 0 aliphatic rings. The van der Waals surface area contributed by atoms with Gasteiger partial charge in [0.15, 0.2) is 0 Å². The van der Waals surface area contributed by atoms with Crippen molar-refractivity contribution in [1.29, 1.82) is 10.5 Å². The van der Waals surface area contributed by atoms with Gasteiger partial charge in [-0.3, -0.25) is 9.58 Å². The van der Waals surface area contributed by atoms with E-state index >= 15 is 0 Å². The molecule has 9 heteroatoms. The molecule has 0 saturated carbocycles. The largest absolute Gasteiger partial charge is 0.370 e. The van der Waals surface area contributed by atoms with Gasteiger partial charge in [0.25, 0.3) is 0 Å². The van der Waals surface area contributed by atoms with Crippen LogP contribution < -0.4 is 15.5 Å². The average molecular weight is 561 g/mol. The quantitative estimate of drug-likeness (QED) is 0.183. The number of hydrogen-bond donors (Lipinski definition) is 2. The molecule has 4 aromatic rings. The first-order chi connectivity index (χ1) is 20.5. The standard InChI is InChI=1S/C33H36N8O/c1-3-7-30(10-4-5-17-36-32-16-11-27(20-35)22-37-32)41(33(42)38-21-26-9-6-8-25(18-26)19-34)31-14-12-28(13-15-31)29-23-39-40(2)24-29/h6,8-9,11-16,18,22-24,30H,3-5,7,10,17,21H2,1-2H3,(H,36,37)(H,38,42)/t30-/m1/s1. The number of hydrogen-bond acceptors (Lipinski definition) is 6. The maximum Gasteiger partial charge on any atom is 0.322 e. The maximum atomic E-state index is 13.8.